The molecule has 1 saturated heterocycles. The highest BCUT2D eigenvalue weighted by molar-refractivity contribution is 5.95. The molecule has 0 aromatic heterocycles. The molecule has 3 rings (SSSR count). The Kier molecular flexibility index (Phi) is 4.72. The van der Waals surface area contributed by atoms with E-state index in [0.717, 1.165) is 12.1 Å². The fourth-order valence-corrected chi connectivity index (χ4v) is 3.22. The molecule has 0 bridgehead atoms. The summed E-state index contributed by atoms with van der Waals surface area (Å²) in [6.07, 6.45) is 0.971. The summed E-state index contributed by atoms with van der Waals surface area (Å²) in [4.78, 5) is 13.9. The number of hydrogen-bond donors (Lipinski definition) is 1. The van der Waals surface area contributed by atoms with Gasteiger partial charge in [-0.2, -0.15) is 0 Å². The van der Waals surface area contributed by atoms with Gasteiger partial charge in [0.25, 0.3) is 5.91 Å². The molecule has 1 aliphatic heterocycles. The van der Waals surface area contributed by atoms with E-state index >= 15 is 0 Å². The molecule has 0 radical (unpaired) electrons. The summed E-state index contributed by atoms with van der Waals surface area (Å²) in [6, 6.07) is 10.3. The van der Waals surface area contributed by atoms with Crippen molar-refractivity contribution in [2.45, 2.75) is 18.4 Å². The molecular formula is C19H19F2NO3. The standard InChI is InChI=1S/C19H19F2NO3/c1-25-14-6-2-5-13(11-14)19(24)9-4-10-22(12-19)18(23)17-15(20)7-3-8-16(17)21/h2-3,5-8,11,24H,4,9-10,12H2,1H3. The Morgan fingerprint density at radius 2 is 1.88 bits per heavy atom. The van der Waals surface area contributed by atoms with Crippen LogP contribution in [0.3, 0.4) is 0 Å². The first-order valence-corrected chi connectivity index (χ1v) is 8.05. The third-order valence-electron chi connectivity index (χ3n) is 4.54. The van der Waals surface area contributed by atoms with E-state index in [1.54, 1.807) is 24.3 Å². The maximum absolute atomic E-state index is 13.9. The van der Waals surface area contributed by atoms with Crippen LogP contribution in [0.5, 0.6) is 5.75 Å². The van der Waals surface area contributed by atoms with Crippen molar-refractivity contribution >= 4 is 5.91 Å². The van der Waals surface area contributed by atoms with Crippen LogP contribution >= 0.6 is 0 Å². The molecule has 0 aliphatic carbocycles. The lowest BCUT2D eigenvalue weighted by atomic mass is 9.85. The van der Waals surface area contributed by atoms with Crippen LogP contribution in [0.4, 0.5) is 8.78 Å². The number of β-amino-alcohol motifs (C(OH)–C–C–N with tert-alkyl or cyclic N) is 1. The average molecular weight is 347 g/mol. The Balaban J connectivity index is 1.89. The van der Waals surface area contributed by atoms with Crippen LogP contribution < -0.4 is 4.74 Å². The Morgan fingerprint density at radius 3 is 2.56 bits per heavy atom. The van der Waals surface area contributed by atoms with E-state index in [-0.39, 0.29) is 6.54 Å². The van der Waals surface area contributed by atoms with Crippen molar-refractivity contribution in [2.24, 2.45) is 0 Å². The van der Waals surface area contributed by atoms with Gasteiger partial charge in [-0.25, -0.2) is 8.78 Å². The number of halogens is 2. The fourth-order valence-electron chi connectivity index (χ4n) is 3.22. The zero-order valence-electron chi connectivity index (χ0n) is 13.8. The molecule has 6 heteroatoms. The smallest absolute Gasteiger partial charge is 0.259 e. The van der Waals surface area contributed by atoms with E-state index in [1.807, 2.05) is 0 Å². The van der Waals surface area contributed by atoms with Crippen LogP contribution in [-0.4, -0.2) is 36.1 Å². The predicted octanol–water partition coefficient (Wildman–Crippen LogP) is 3.10. The topological polar surface area (TPSA) is 49.8 Å². The van der Waals surface area contributed by atoms with E-state index in [0.29, 0.717) is 30.7 Å². The SMILES string of the molecule is COc1cccc(C2(O)CCCN(C(=O)c3c(F)cccc3F)C2)c1. The molecular weight excluding hydrogens is 328 g/mol. The van der Waals surface area contributed by atoms with Crippen LogP contribution in [-0.2, 0) is 5.60 Å². The summed E-state index contributed by atoms with van der Waals surface area (Å²) in [5.74, 6) is -1.97. The third-order valence-corrected chi connectivity index (χ3v) is 4.54. The molecule has 1 amide bonds. The predicted molar refractivity (Wildman–Crippen MR) is 88.4 cm³/mol. The van der Waals surface area contributed by atoms with E-state index < -0.39 is 28.7 Å². The summed E-state index contributed by atoms with van der Waals surface area (Å²) < 4.78 is 33.0. The number of aliphatic hydroxyl groups is 1. The Bertz CT molecular complexity index is 776. The number of carbonyl (C=O) groups excluding carboxylic acids is 1. The van der Waals surface area contributed by atoms with Gasteiger partial charge in [0, 0.05) is 6.54 Å². The molecule has 2 aromatic rings. The van der Waals surface area contributed by atoms with Gasteiger partial charge in [0.1, 0.15) is 28.5 Å². The second kappa shape index (κ2) is 6.80. The Hall–Kier alpha value is -2.47. The molecule has 1 unspecified atom stereocenters. The number of rotatable bonds is 3. The summed E-state index contributed by atoms with van der Waals surface area (Å²) in [5.41, 5.74) is -1.26. The highest BCUT2D eigenvalue weighted by Gasteiger charge is 2.38. The molecule has 132 valence electrons. The van der Waals surface area contributed by atoms with Crippen molar-refractivity contribution in [3.8, 4) is 5.75 Å². The number of nitrogens with zero attached hydrogens (tertiary/aromatic N) is 1. The number of carbonyl (C=O) groups is 1. The summed E-state index contributed by atoms with van der Waals surface area (Å²) >= 11 is 0. The minimum absolute atomic E-state index is 0.0349. The van der Waals surface area contributed by atoms with Gasteiger partial charge < -0.3 is 14.7 Å². The minimum atomic E-state index is -1.29. The number of benzene rings is 2. The molecule has 1 aliphatic rings. The van der Waals surface area contributed by atoms with Gasteiger partial charge in [0.15, 0.2) is 0 Å². The molecule has 25 heavy (non-hydrogen) atoms. The number of amides is 1. The molecule has 1 heterocycles. The molecule has 1 atom stereocenters. The van der Waals surface area contributed by atoms with Crippen molar-refractivity contribution in [3.63, 3.8) is 0 Å². The second-order valence-electron chi connectivity index (χ2n) is 6.19. The first-order chi connectivity index (χ1) is 11.9. The zero-order chi connectivity index (χ0) is 18.0. The molecule has 1 N–H and O–H groups in total. The van der Waals surface area contributed by atoms with Gasteiger partial charge in [-0.1, -0.05) is 18.2 Å². The maximum atomic E-state index is 13.9. The summed E-state index contributed by atoms with van der Waals surface area (Å²) in [6.45, 7) is 0.297. The summed E-state index contributed by atoms with van der Waals surface area (Å²) in [7, 11) is 1.53. The molecule has 1 fully saturated rings. The summed E-state index contributed by atoms with van der Waals surface area (Å²) in [5, 5.41) is 11.0. The largest absolute Gasteiger partial charge is 0.497 e. The van der Waals surface area contributed by atoms with E-state index in [9.17, 15) is 18.7 Å². The number of ether oxygens (including phenoxy) is 1. The quantitative estimate of drug-likeness (QED) is 0.928. The van der Waals surface area contributed by atoms with Crippen LogP contribution in [0.2, 0.25) is 0 Å². The lowest BCUT2D eigenvalue weighted by molar-refractivity contribution is -0.0292. The van der Waals surface area contributed by atoms with Crippen LogP contribution in [0.1, 0.15) is 28.8 Å². The normalized spacial score (nSPS) is 20.4. The number of piperidine rings is 1. The van der Waals surface area contributed by atoms with E-state index in [4.69, 9.17) is 4.74 Å². The highest BCUT2D eigenvalue weighted by atomic mass is 19.1. The van der Waals surface area contributed by atoms with Crippen LogP contribution in [0, 0.1) is 11.6 Å². The zero-order valence-corrected chi connectivity index (χ0v) is 13.8. The first-order valence-electron chi connectivity index (χ1n) is 8.05. The van der Waals surface area contributed by atoms with Gasteiger partial charge in [0.05, 0.1) is 13.7 Å². The molecule has 2 aromatic carbocycles. The third kappa shape index (κ3) is 3.35. The number of likely N-dealkylation sites (tertiary alicyclic amines) is 1. The van der Waals surface area contributed by atoms with Crippen LogP contribution in [0.25, 0.3) is 0 Å². The number of methoxy groups -OCH3 is 1. The van der Waals surface area contributed by atoms with Gasteiger partial charge in [-0.15, -0.1) is 0 Å². The van der Waals surface area contributed by atoms with Crippen molar-refractivity contribution < 1.29 is 23.4 Å². The van der Waals surface area contributed by atoms with Crippen molar-refractivity contribution in [1.29, 1.82) is 0 Å². The second-order valence-corrected chi connectivity index (χ2v) is 6.19. The fraction of sp³-hybridized carbons (Fsp3) is 0.316. The average Bonchev–Trinajstić information content (AvgIpc) is 2.61. The van der Waals surface area contributed by atoms with Gasteiger partial charge >= 0.3 is 0 Å². The van der Waals surface area contributed by atoms with Gasteiger partial charge in [-0.3, -0.25) is 4.79 Å². The van der Waals surface area contributed by atoms with Crippen LogP contribution in [0.15, 0.2) is 42.5 Å². The first kappa shape index (κ1) is 17.4. The molecule has 4 nitrogen and oxygen atoms in total. The highest BCUT2D eigenvalue weighted by Crippen LogP contribution is 2.34. The van der Waals surface area contributed by atoms with Crippen molar-refractivity contribution in [3.05, 3.63) is 65.2 Å². The Morgan fingerprint density at radius 1 is 1.20 bits per heavy atom. The minimum Gasteiger partial charge on any atom is -0.497 e. The molecule has 0 saturated carbocycles. The van der Waals surface area contributed by atoms with E-state index in [2.05, 4.69) is 0 Å². The monoisotopic (exact) mass is 347 g/mol. The molecule has 0 spiro atoms. The maximum Gasteiger partial charge on any atom is 0.259 e. The van der Waals surface area contributed by atoms with Gasteiger partial charge in [-0.05, 0) is 42.7 Å². The van der Waals surface area contributed by atoms with E-state index in [1.165, 1.54) is 18.1 Å². The van der Waals surface area contributed by atoms with Gasteiger partial charge in [0.2, 0.25) is 0 Å². The lowest BCUT2D eigenvalue weighted by Crippen LogP contribution is -2.48. The Labute approximate surface area is 144 Å². The number of hydrogen-bond acceptors (Lipinski definition) is 3. The van der Waals surface area contributed by atoms with Crippen molar-refractivity contribution in [2.75, 3.05) is 20.2 Å². The van der Waals surface area contributed by atoms with Crippen molar-refractivity contribution in [1.82, 2.24) is 4.90 Å². The lowest BCUT2D eigenvalue weighted by Gasteiger charge is -2.39.